The van der Waals surface area contributed by atoms with E-state index in [1.807, 2.05) is 48.5 Å². The van der Waals surface area contributed by atoms with Crippen LogP contribution in [0.1, 0.15) is 5.56 Å². The number of aromatic nitrogens is 2. The van der Waals surface area contributed by atoms with Crippen molar-refractivity contribution >= 4 is 86.5 Å². The zero-order chi connectivity index (χ0) is 34.2. The number of thiophene rings is 1. The third-order valence-corrected chi connectivity index (χ3v) is 11.2. The summed E-state index contributed by atoms with van der Waals surface area (Å²) in [4.78, 5) is 7.92. The molecule has 0 atom stereocenters. The van der Waals surface area contributed by atoms with E-state index in [4.69, 9.17) is 13.1 Å². The number of nitrogens with zero attached hydrogens (tertiary/aromatic N) is 5. The third-order valence-electron chi connectivity index (χ3n) is 9.95. The number of benzene rings is 7. The summed E-state index contributed by atoms with van der Waals surface area (Å²) < 4.78 is 6.39. The Bertz CT molecular complexity index is 3240. The van der Waals surface area contributed by atoms with E-state index in [2.05, 4.69) is 116 Å². The van der Waals surface area contributed by atoms with Gasteiger partial charge in [0.2, 0.25) is 11.4 Å². The highest BCUT2D eigenvalue weighted by Gasteiger charge is 2.21. The summed E-state index contributed by atoms with van der Waals surface area (Å²) in [6.45, 7) is 16.1. The predicted octanol–water partition coefficient (Wildman–Crippen LogP) is 12.9. The first kappa shape index (κ1) is 28.8. The number of para-hydroxylation sites is 2. The third kappa shape index (κ3) is 4.11. The van der Waals surface area contributed by atoms with E-state index >= 15 is 0 Å². The van der Waals surface area contributed by atoms with Gasteiger partial charge in [-0.25, -0.2) is 9.69 Å². The Morgan fingerprint density at radius 3 is 1.84 bits per heavy atom. The lowest BCUT2D eigenvalue weighted by atomic mass is 10.0. The van der Waals surface area contributed by atoms with Crippen LogP contribution in [0.4, 0.5) is 11.4 Å². The fourth-order valence-corrected chi connectivity index (χ4v) is 9.01. The van der Waals surface area contributed by atoms with Crippen molar-refractivity contribution in [3.63, 3.8) is 0 Å². The summed E-state index contributed by atoms with van der Waals surface area (Å²) in [6.07, 6.45) is 0. The summed E-state index contributed by atoms with van der Waals surface area (Å²) in [5.41, 5.74) is 10.2. The lowest BCUT2D eigenvalue weighted by Crippen LogP contribution is -1.96. The molecule has 7 aromatic carbocycles. The second-order valence-corrected chi connectivity index (χ2v) is 13.6. The lowest BCUT2D eigenvalue weighted by molar-refractivity contribution is 1.17. The number of hydrogen-bond donors (Lipinski definition) is 0. The Kier molecular flexibility index (Phi) is 6.17. The molecule has 0 bridgehead atoms. The number of hydrogen-bond acceptors (Lipinski definition) is 2. The Labute approximate surface area is 296 Å². The van der Waals surface area contributed by atoms with Gasteiger partial charge in [0.1, 0.15) is 0 Å². The summed E-state index contributed by atoms with van der Waals surface area (Å²) in [5, 5.41) is 15.7. The molecule has 6 heteroatoms. The fourth-order valence-electron chi connectivity index (χ4n) is 7.78. The Hall–Kier alpha value is -7.17. The van der Waals surface area contributed by atoms with Crippen LogP contribution in [0.25, 0.3) is 96.0 Å². The second-order valence-electron chi connectivity index (χ2n) is 12.6. The molecule has 10 rings (SSSR count). The highest BCUT2D eigenvalue weighted by atomic mass is 32.1. The zero-order valence-electron chi connectivity index (χ0n) is 26.9. The molecule has 0 amide bonds. The van der Waals surface area contributed by atoms with E-state index in [0.29, 0.717) is 16.9 Å². The number of fused-ring (bicyclic) bond motifs is 9. The van der Waals surface area contributed by atoms with E-state index < -0.39 is 0 Å². The van der Waals surface area contributed by atoms with Gasteiger partial charge in [-0.2, -0.15) is 16.6 Å². The van der Waals surface area contributed by atoms with Crippen molar-refractivity contribution in [2.24, 2.45) is 0 Å². The molecule has 5 nitrogen and oxygen atoms in total. The van der Waals surface area contributed by atoms with E-state index in [0.717, 1.165) is 86.3 Å². The van der Waals surface area contributed by atoms with Crippen LogP contribution in [-0.4, -0.2) is 9.13 Å². The topological polar surface area (TPSA) is 42.4 Å². The lowest BCUT2D eigenvalue weighted by Gasteiger charge is -2.13. The van der Waals surface area contributed by atoms with Crippen LogP contribution in [0.5, 0.6) is 0 Å². The summed E-state index contributed by atoms with van der Waals surface area (Å²) in [5.74, 6) is 0. The van der Waals surface area contributed by atoms with Gasteiger partial charge in [-0.05, 0) is 87.9 Å². The van der Waals surface area contributed by atoms with Crippen LogP contribution in [0.2, 0.25) is 0 Å². The highest BCUT2D eigenvalue weighted by molar-refractivity contribution is 7.27. The number of nitriles is 1. The maximum atomic E-state index is 9.61. The van der Waals surface area contributed by atoms with Gasteiger partial charge in [0, 0.05) is 42.4 Å². The van der Waals surface area contributed by atoms with Crippen LogP contribution in [-0.2, 0) is 0 Å². The first-order valence-electron chi connectivity index (χ1n) is 16.5. The quantitative estimate of drug-likeness (QED) is 0.173. The molecule has 51 heavy (non-hydrogen) atoms. The molecular weight excluding hydrogens is 643 g/mol. The Morgan fingerprint density at radius 2 is 1.14 bits per heavy atom. The minimum Gasteiger partial charge on any atom is -0.311 e. The van der Waals surface area contributed by atoms with Crippen LogP contribution in [0.3, 0.4) is 0 Å². The SMILES string of the molecule is [C-]#[N+]c1cccc2c1sc1c([N+]#[C-])c3c4ccccc4n(-c4cccc(-c5cccc(-n6c7ccccc7c7cc(C#N)ccc76)c5)c4)c3cc12. The standard InChI is InChI=1S/C45H23N5S/c1-47-37-17-9-16-33-36-25-41-42(43(48-2)45(36)51-44(33)37)34-15-4-6-19-39(34)50(41)31-13-8-11-29(24-31)28-10-7-12-30(23-28)49-38-18-5-3-14-32(38)35-22-27(26-46)20-21-40(35)49/h3-25H. The van der Waals surface area contributed by atoms with Gasteiger partial charge < -0.3 is 9.13 Å². The molecule has 0 spiro atoms. The predicted molar refractivity (Wildman–Crippen MR) is 211 cm³/mol. The summed E-state index contributed by atoms with van der Waals surface area (Å²) in [6, 6.07) is 50.1. The van der Waals surface area contributed by atoms with Crippen molar-refractivity contribution in [1.29, 1.82) is 5.26 Å². The minimum atomic E-state index is 0.616. The fraction of sp³-hybridized carbons (Fsp3) is 0. The molecular formula is C45H23N5S. The summed E-state index contributed by atoms with van der Waals surface area (Å²) >= 11 is 1.54. The Balaban J connectivity index is 1.19. The van der Waals surface area contributed by atoms with Gasteiger partial charge >= 0.3 is 0 Å². The second kappa shape index (κ2) is 10.9. The molecule has 0 saturated heterocycles. The molecule has 0 aliphatic rings. The molecule has 3 aromatic heterocycles. The molecule has 3 heterocycles. The van der Waals surface area contributed by atoms with Gasteiger partial charge in [0.05, 0.1) is 41.3 Å². The van der Waals surface area contributed by atoms with Gasteiger partial charge in [0.25, 0.3) is 0 Å². The molecule has 0 aliphatic heterocycles. The van der Waals surface area contributed by atoms with Crippen molar-refractivity contribution in [1.82, 2.24) is 9.13 Å². The smallest absolute Gasteiger partial charge is 0.214 e. The van der Waals surface area contributed by atoms with Gasteiger partial charge in [-0.15, -0.1) is 0 Å². The average Bonchev–Trinajstić information content (AvgIpc) is 3.84. The molecule has 10 aromatic rings. The van der Waals surface area contributed by atoms with Crippen LogP contribution >= 0.6 is 11.3 Å². The monoisotopic (exact) mass is 665 g/mol. The van der Waals surface area contributed by atoms with Gasteiger partial charge in [-0.1, -0.05) is 78.9 Å². The van der Waals surface area contributed by atoms with E-state index in [-0.39, 0.29) is 0 Å². The van der Waals surface area contributed by atoms with Crippen molar-refractivity contribution < 1.29 is 0 Å². The van der Waals surface area contributed by atoms with Crippen LogP contribution in [0.15, 0.2) is 140 Å². The average molecular weight is 666 g/mol. The molecule has 0 unspecified atom stereocenters. The van der Waals surface area contributed by atoms with Gasteiger partial charge in [0.15, 0.2) is 0 Å². The maximum Gasteiger partial charge on any atom is 0.214 e. The van der Waals surface area contributed by atoms with E-state index in [1.165, 1.54) is 0 Å². The van der Waals surface area contributed by atoms with Crippen molar-refractivity contribution in [2.45, 2.75) is 0 Å². The van der Waals surface area contributed by atoms with Crippen LogP contribution in [0, 0.1) is 24.5 Å². The van der Waals surface area contributed by atoms with Crippen molar-refractivity contribution in [3.05, 3.63) is 168 Å². The van der Waals surface area contributed by atoms with Crippen LogP contribution < -0.4 is 0 Å². The molecule has 0 radical (unpaired) electrons. The highest BCUT2D eigenvalue weighted by Crippen LogP contribution is 2.49. The maximum absolute atomic E-state index is 9.61. The number of rotatable bonds is 3. The normalized spacial score (nSPS) is 11.5. The minimum absolute atomic E-state index is 0.616. The Morgan fingerprint density at radius 1 is 0.510 bits per heavy atom. The first-order valence-corrected chi connectivity index (χ1v) is 17.3. The first-order chi connectivity index (χ1) is 25.2. The largest absolute Gasteiger partial charge is 0.311 e. The van der Waals surface area contributed by atoms with Crippen molar-refractivity contribution in [3.8, 4) is 28.6 Å². The van der Waals surface area contributed by atoms with Gasteiger partial charge in [-0.3, -0.25) is 0 Å². The van der Waals surface area contributed by atoms with Crippen molar-refractivity contribution in [2.75, 3.05) is 0 Å². The van der Waals surface area contributed by atoms with E-state index in [9.17, 15) is 5.26 Å². The molecule has 0 fully saturated rings. The molecule has 0 N–H and O–H groups in total. The molecule has 0 aliphatic carbocycles. The molecule has 234 valence electrons. The zero-order valence-corrected chi connectivity index (χ0v) is 27.7. The summed E-state index contributed by atoms with van der Waals surface area (Å²) in [7, 11) is 0. The molecule has 0 saturated carbocycles. The van der Waals surface area contributed by atoms with E-state index in [1.54, 1.807) is 11.3 Å².